The first kappa shape index (κ1) is 19.2. The lowest BCUT2D eigenvalue weighted by Crippen LogP contribution is -2.28. The molecule has 0 bridgehead atoms. The highest BCUT2D eigenvalue weighted by molar-refractivity contribution is 6.33. The van der Waals surface area contributed by atoms with Gasteiger partial charge >= 0.3 is 6.03 Å². The van der Waals surface area contributed by atoms with Gasteiger partial charge in [0.2, 0.25) is 5.91 Å². The monoisotopic (exact) mass is 386 g/mol. The zero-order valence-electron chi connectivity index (χ0n) is 14.9. The summed E-state index contributed by atoms with van der Waals surface area (Å²) >= 11 is 6.03. The lowest BCUT2D eigenvalue weighted by atomic mass is 10.1. The summed E-state index contributed by atoms with van der Waals surface area (Å²) in [7, 11) is 0. The Labute approximate surface area is 163 Å². The van der Waals surface area contributed by atoms with Crippen LogP contribution in [0.5, 0.6) is 0 Å². The highest BCUT2D eigenvalue weighted by Crippen LogP contribution is 2.25. The summed E-state index contributed by atoms with van der Waals surface area (Å²) < 4.78 is 0. The first-order valence-electron chi connectivity index (χ1n) is 8.96. The van der Waals surface area contributed by atoms with E-state index in [1.165, 1.54) is 0 Å². The Morgan fingerprint density at radius 1 is 1.07 bits per heavy atom. The lowest BCUT2D eigenvalue weighted by Gasteiger charge is -2.12. The van der Waals surface area contributed by atoms with Crippen LogP contribution in [0.3, 0.4) is 0 Å². The van der Waals surface area contributed by atoms with Gasteiger partial charge in [-0.05, 0) is 49.1 Å². The minimum Gasteiger partial charge on any atom is -0.334 e. The van der Waals surface area contributed by atoms with Crippen molar-refractivity contribution in [2.75, 3.05) is 10.6 Å². The van der Waals surface area contributed by atoms with Crippen molar-refractivity contribution >= 4 is 34.9 Å². The molecule has 2 aromatic carbocycles. The van der Waals surface area contributed by atoms with Crippen LogP contribution in [-0.4, -0.2) is 18.0 Å². The fourth-order valence-electron chi connectivity index (χ4n) is 3.17. The average molecular weight is 387 g/mol. The number of amides is 3. The highest BCUT2D eigenvalue weighted by Gasteiger charge is 2.27. The molecule has 1 fully saturated rings. The third kappa shape index (κ3) is 5.45. The molecular weight excluding hydrogens is 364 g/mol. The van der Waals surface area contributed by atoms with Gasteiger partial charge in [-0.3, -0.25) is 4.79 Å². The highest BCUT2D eigenvalue weighted by atomic mass is 35.5. The second kappa shape index (κ2) is 8.88. The number of carbonyl (C=O) groups is 2. The quantitative estimate of drug-likeness (QED) is 0.630. The fraction of sp³-hybridized carbons (Fsp3) is 0.300. The van der Waals surface area contributed by atoms with Crippen LogP contribution < -0.4 is 21.7 Å². The van der Waals surface area contributed by atoms with Crippen LogP contribution in [0.15, 0.2) is 48.5 Å². The van der Waals surface area contributed by atoms with Gasteiger partial charge in [0.15, 0.2) is 0 Å². The molecule has 2 atom stereocenters. The molecule has 27 heavy (non-hydrogen) atoms. The number of rotatable bonds is 5. The predicted molar refractivity (Wildman–Crippen MR) is 108 cm³/mol. The summed E-state index contributed by atoms with van der Waals surface area (Å²) in [6.45, 7) is 0.328. The molecule has 142 valence electrons. The number of para-hydroxylation sites is 1. The molecule has 2 unspecified atom stereocenters. The van der Waals surface area contributed by atoms with E-state index in [9.17, 15) is 9.59 Å². The average Bonchev–Trinajstić information content (AvgIpc) is 3.09. The number of hydrogen-bond donors (Lipinski definition) is 4. The Morgan fingerprint density at radius 2 is 1.89 bits per heavy atom. The Morgan fingerprint density at radius 3 is 2.63 bits per heavy atom. The number of benzene rings is 2. The number of nitrogens with one attached hydrogen (secondary N) is 3. The summed E-state index contributed by atoms with van der Waals surface area (Å²) in [5.74, 6) is -0.0206. The lowest BCUT2D eigenvalue weighted by molar-refractivity contribution is -0.119. The van der Waals surface area contributed by atoms with E-state index in [-0.39, 0.29) is 23.9 Å². The van der Waals surface area contributed by atoms with Crippen molar-refractivity contribution in [1.29, 1.82) is 0 Å². The van der Waals surface area contributed by atoms with Gasteiger partial charge in [0.1, 0.15) is 0 Å². The van der Waals surface area contributed by atoms with E-state index in [0.717, 1.165) is 24.8 Å². The second-order valence-corrected chi connectivity index (χ2v) is 7.15. The van der Waals surface area contributed by atoms with Crippen LogP contribution in [0.25, 0.3) is 0 Å². The Hall–Kier alpha value is -2.57. The van der Waals surface area contributed by atoms with E-state index < -0.39 is 0 Å². The number of nitrogens with two attached hydrogens (primary N) is 1. The summed E-state index contributed by atoms with van der Waals surface area (Å²) in [5, 5.41) is 8.90. The van der Waals surface area contributed by atoms with Gasteiger partial charge in [-0.1, -0.05) is 35.9 Å². The molecule has 1 aliphatic rings. The molecule has 7 heteroatoms. The largest absolute Gasteiger partial charge is 0.334 e. The van der Waals surface area contributed by atoms with Crippen molar-refractivity contribution < 1.29 is 9.59 Å². The van der Waals surface area contributed by atoms with Crippen molar-refractivity contribution in [1.82, 2.24) is 5.32 Å². The van der Waals surface area contributed by atoms with Gasteiger partial charge in [0, 0.05) is 24.2 Å². The third-order valence-corrected chi connectivity index (χ3v) is 4.94. The maximum absolute atomic E-state index is 12.3. The second-order valence-electron chi connectivity index (χ2n) is 6.75. The molecular formula is C20H23ClN4O2. The SMILES string of the molecule is NC1CCC(C(=O)Nc2cccc(CNC(=O)Nc3ccccc3Cl)c2)C1. The molecule has 1 aliphatic carbocycles. The number of carbonyl (C=O) groups excluding carboxylic acids is 2. The molecule has 0 aromatic heterocycles. The number of hydrogen-bond acceptors (Lipinski definition) is 3. The van der Waals surface area contributed by atoms with Gasteiger partial charge in [0.05, 0.1) is 10.7 Å². The van der Waals surface area contributed by atoms with Crippen LogP contribution in [0.4, 0.5) is 16.2 Å². The predicted octanol–water partition coefficient (Wildman–Crippen LogP) is 3.73. The number of anilines is 2. The van der Waals surface area contributed by atoms with Gasteiger partial charge in [-0.15, -0.1) is 0 Å². The van der Waals surface area contributed by atoms with Crippen LogP contribution in [0, 0.1) is 5.92 Å². The minimum atomic E-state index is -0.350. The number of urea groups is 1. The van der Waals surface area contributed by atoms with E-state index >= 15 is 0 Å². The molecule has 0 saturated heterocycles. The van der Waals surface area contributed by atoms with Crippen molar-refractivity contribution in [2.45, 2.75) is 31.8 Å². The first-order chi connectivity index (χ1) is 13.0. The Kier molecular flexibility index (Phi) is 6.32. The molecule has 3 rings (SSSR count). The van der Waals surface area contributed by atoms with Gasteiger partial charge in [-0.2, -0.15) is 0 Å². The summed E-state index contributed by atoms with van der Waals surface area (Å²) in [5.41, 5.74) is 8.02. The molecule has 6 nitrogen and oxygen atoms in total. The Bertz CT molecular complexity index is 827. The molecule has 2 aromatic rings. The molecule has 0 aliphatic heterocycles. The van der Waals surface area contributed by atoms with Crippen molar-refractivity contribution in [3.63, 3.8) is 0 Å². The normalized spacial score (nSPS) is 18.7. The first-order valence-corrected chi connectivity index (χ1v) is 9.34. The molecule has 0 spiro atoms. The standard InChI is InChI=1S/C20H23ClN4O2/c21-17-6-1-2-7-18(17)25-20(27)23-12-13-4-3-5-16(10-13)24-19(26)14-8-9-15(22)11-14/h1-7,10,14-15H,8-9,11-12,22H2,(H,24,26)(H2,23,25,27). The van der Waals surface area contributed by atoms with Crippen LogP contribution in [0.1, 0.15) is 24.8 Å². The topological polar surface area (TPSA) is 96.2 Å². The van der Waals surface area contributed by atoms with Gasteiger partial charge in [-0.25, -0.2) is 4.79 Å². The smallest absolute Gasteiger partial charge is 0.319 e. The molecule has 1 saturated carbocycles. The zero-order valence-corrected chi connectivity index (χ0v) is 15.6. The number of halogens is 1. The van der Waals surface area contributed by atoms with Crippen LogP contribution in [-0.2, 0) is 11.3 Å². The summed E-state index contributed by atoms with van der Waals surface area (Å²) in [4.78, 5) is 24.4. The fourth-order valence-corrected chi connectivity index (χ4v) is 3.35. The summed E-state index contributed by atoms with van der Waals surface area (Å²) in [6.07, 6.45) is 2.45. The molecule has 3 amide bonds. The summed E-state index contributed by atoms with van der Waals surface area (Å²) in [6, 6.07) is 14.2. The van der Waals surface area contributed by atoms with Crippen molar-refractivity contribution in [3.8, 4) is 0 Å². The van der Waals surface area contributed by atoms with Gasteiger partial charge < -0.3 is 21.7 Å². The van der Waals surface area contributed by atoms with Gasteiger partial charge in [0.25, 0.3) is 0 Å². The molecule has 0 radical (unpaired) electrons. The van der Waals surface area contributed by atoms with E-state index in [1.54, 1.807) is 24.3 Å². The van der Waals surface area contributed by atoms with Crippen LogP contribution in [0.2, 0.25) is 5.02 Å². The van der Waals surface area contributed by atoms with E-state index in [4.69, 9.17) is 17.3 Å². The maximum Gasteiger partial charge on any atom is 0.319 e. The minimum absolute atomic E-state index is 0.00419. The molecule has 5 N–H and O–H groups in total. The van der Waals surface area contributed by atoms with Crippen molar-refractivity contribution in [2.24, 2.45) is 11.7 Å². The van der Waals surface area contributed by atoms with Crippen molar-refractivity contribution in [3.05, 3.63) is 59.1 Å². The van der Waals surface area contributed by atoms with E-state index in [1.807, 2.05) is 24.3 Å². The van der Waals surface area contributed by atoms with Crippen LogP contribution >= 0.6 is 11.6 Å². The zero-order chi connectivity index (χ0) is 19.2. The van der Waals surface area contributed by atoms with E-state index in [2.05, 4.69) is 16.0 Å². The van der Waals surface area contributed by atoms with E-state index in [0.29, 0.717) is 22.9 Å². The maximum atomic E-state index is 12.3. The molecule has 0 heterocycles. The third-order valence-electron chi connectivity index (χ3n) is 4.61. The Balaban J connectivity index is 1.52.